The normalized spacial score (nSPS) is 10.9. The maximum absolute atomic E-state index is 12.5. The standard InChI is InChI=1S/C27H27NO5/c1-30-22-10-7-8-19(16-22)13-15-26(29)28-23-11-6-5-9-21(23)14-12-20-17-24(31-2)27(33-4)25(18-20)32-3/h5-18H,1-4H3,(H,28,29)/b14-12?,15-13+. The molecule has 3 rings (SSSR count). The van der Waals surface area contributed by atoms with E-state index in [0.717, 1.165) is 22.4 Å². The topological polar surface area (TPSA) is 66.0 Å². The van der Waals surface area contributed by atoms with Crippen molar-refractivity contribution in [2.24, 2.45) is 0 Å². The van der Waals surface area contributed by atoms with Crippen LogP contribution in [0.5, 0.6) is 23.0 Å². The smallest absolute Gasteiger partial charge is 0.248 e. The van der Waals surface area contributed by atoms with Crippen molar-refractivity contribution in [1.82, 2.24) is 0 Å². The molecule has 33 heavy (non-hydrogen) atoms. The van der Waals surface area contributed by atoms with Crippen LogP contribution in [0, 0.1) is 0 Å². The van der Waals surface area contributed by atoms with Gasteiger partial charge in [0.05, 0.1) is 28.4 Å². The number of anilines is 1. The summed E-state index contributed by atoms with van der Waals surface area (Å²) in [6.07, 6.45) is 7.07. The monoisotopic (exact) mass is 445 g/mol. The van der Waals surface area contributed by atoms with Gasteiger partial charge in [-0.2, -0.15) is 0 Å². The van der Waals surface area contributed by atoms with Crippen molar-refractivity contribution >= 4 is 29.8 Å². The summed E-state index contributed by atoms with van der Waals surface area (Å²) in [6.45, 7) is 0. The third-order valence-corrected chi connectivity index (χ3v) is 4.88. The number of ether oxygens (including phenoxy) is 4. The van der Waals surface area contributed by atoms with E-state index in [1.54, 1.807) is 34.5 Å². The molecule has 0 aliphatic rings. The van der Waals surface area contributed by atoms with Crippen molar-refractivity contribution in [2.45, 2.75) is 0 Å². The molecule has 0 spiro atoms. The Morgan fingerprint density at radius 2 is 1.45 bits per heavy atom. The molecule has 0 aromatic heterocycles. The van der Waals surface area contributed by atoms with Gasteiger partial charge in [-0.15, -0.1) is 0 Å². The van der Waals surface area contributed by atoms with Crippen molar-refractivity contribution in [3.8, 4) is 23.0 Å². The number of benzene rings is 3. The van der Waals surface area contributed by atoms with E-state index in [4.69, 9.17) is 18.9 Å². The number of hydrogen-bond donors (Lipinski definition) is 1. The Balaban J connectivity index is 1.78. The summed E-state index contributed by atoms with van der Waals surface area (Å²) in [5.74, 6) is 2.18. The van der Waals surface area contributed by atoms with Gasteiger partial charge < -0.3 is 24.3 Å². The highest BCUT2D eigenvalue weighted by molar-refractivity contribution is 6.03. The molecule has 0 unspecified atom stereocenters. The zero-order valence-corrected chi connectivity index (χ0v) is 19.1. The van der Waals surface area contributed by atoms with E-state index in [9.17, 15) is 4.79 Å². The van der Waals surface area contributed by atoms with Crippen LogP contribution in [0.25, 0.3) is 18.2 Å². The maximum Gasteiger partial charge on any atom is 0.248 e. The fourth-order valence-corrected chi connectivity index (χ4v) is 3.23. The van der Waals surface area contributed by atoms with Crippen molar-refractivity contribution in [2.75, 3.05) is 33.8 Å². The van der Waals surface area contributed by atoms with Crippen LogP contribution in [0.15, 0.2) is 66.7 Å². The van der Waals surface area contributed by atoms with Crippen LogP contribution in [0.3, 0.4) is 0 Å². The van der Waals surface area contributed by atoms with Crippen LogP contribution in [0.2, 0.25) is 0 Å². The minimum atomic E-state index is -0.230. The van der Waals surface area contributed by atoms with Gasteiger partial charge in [0.1, 0.15) is 5.75 Å². The molecule has 6 nitrogen and oxygen atoms in total. The summed E-state index contributed by atoms with van der Waals surface area (Å²) >= 11 is 0. The molecule has 1 N–H and O–H groups in total. The van der Waals surface area contributed by atoms with Crippen LogP contribution >= 0.6 is 0 Å². The number of carbonyl (C=O) groups excluding carboxylic acids is 1. The quantitative estimate of drug-likeness (QED) is 0.346. The van der Waals surface area contributed by atoms with Crippen LogP contribution in [-0.4, -0.2) is 34.3 Å². The van der Waals surface area contributed by atoms with E-state index in [0.29, 0.717) is 22.9 Å². The molecule has 0 aliphatic heterocycles. The number of carbonyl (C=O) groups is 1. The third kappa shape index (κ3) is 6.17. The first kappa shape index (κ1) is 23.5. The Hall–Kier alpha value is -4.19. The second kappa shape index (κ2) is 11.4. The van der Waals surface area contributed by atoms with Gasteiger partial charge in [0.25, 0.3) is 0 Å². The highest BCUT2D eigenvalue weighted by Crippen LogP contribution is 2.38. The molecule has 0 heterocycles. The van der Waals surface area contributed by atoms with Gasteiger partial charge in [0.15, 0.2) is 11.5 Å². The number of methoxy groups -OCH3 is 4. The van der Waals surface area contributed by atoms with Gasteiger partial charge in [-0.3, -0.25) is 4.79 Å². The third-order valence-electron chi connectivity index (χ3n) is 4.88. The summed E-state index contributed by atoms with van der Waals surface area (Å²) in [5, 5.41) is 2.93. The second-order valence-electron chi connectivity index (χ2n) is 6.98. The van der Waals surface area contributed by atoms with Gasteiger partial charge in [-0.25, -0.2) is 0 Å². The number of rotatable bonds is 9. The molecule has 3 aromatic carbocycles. The van der Waals surface area contributed by atoms with E-state index < -0.39 is 0 Å². The maximum atomic E-state index is 12.5. The second-order valence-corrected chi connectivity index (χ2v) is 6.98. The Morgan fingerprint density at radius 1 is 0.727 bits per heavy atom. The molecule has 1 amide bonds. The van der Waals surface area contributed by atoms with Crippen molar-refractivity contribution in [3.05, 3.63) is 83.4 Å². The van der Waals surface area contributed by atoms with E-state index in [1.165, 1.54) is 6.08 Å². The SMILES string of the molecule is COc1cccc(/C=C/C(=O)Nc2ccccc2C=Cc2cc(OC)c(OC)c(OC)c2)c1. The molecule has 6 heteroatoms. The lowest BCUT2D eigenvalue weighted by atomic mass is 10.1. The number of para-hydroxylation sites is 1. The summed E-state index contributed by atoms with van der Waals surface area (Å²) in [7, 11) is 6.33. The first-order chi connectivity index (χ1) is 16.1. The predicted octanol–water partition coefficient (Wildman–Crippen LogP) is 5.54. The number of hydrogen-bond acceptors (Lipinski definition) is 5. The zero-order chi connectivity index (χ0) is 23.6. The van der Waals surface area contributed by atoms with Crippen molar-refractivity contribution in [3.63, 3.8) is 0 Å². The Labute approximate surface area is 194 Å². The highest BCUT2D eigenvalue weighted by atomic mass is 16.5. The largest absolute Gasteiger partial charge is 0.497 e. The lowest BCUT2D eigenvalue weighted by molar-refractivity contribution is -0.111. The molecule has 3 aromatic rings. The summed E-state index contributed by atoms with van der Waals surface area (Å²) in [4.78, 5) is 12.5. The van der Waals surface area contributed by atoms with Crippen LogP contribution < -0.4 is 24.3 Å². The van der Waals surface area contributed by atoms with Crippen molar-refractivity contribution < 1.29 is 23.7 Å². The summed E-state index contributed by atoms with van der Waals surface area (Å²) in [5.41, 5.74) is 3.29. The van der Waals surface area contributed by atoms with E-state index in [1.807, 2.05) is 72.8 Å². The minimum Gasteiger partial charge on any atom is -0.497 e. The average molecular weight is 446 g/mol. The molecule has 0 radical (unpaired) electrons. The molecule has 0 bridgehead atoms. The zero-order valence-electron chi connectivity index (χ0n) is 19.1. The molecule has 0 aliphatic carbocycles. The molecule has 170 valence electrons. The lowest BCUT2D eigenvalue weighted by Gasteiger charge is -2.13. The van der Waals surface area contributed by atoms with Gasteiger partial charge in [0.2, 0.25) is 11.7 Å². The van der Waals surface area contributed by atoms with E-state index in [2.05, 4.69) is 5.32 Å². The van der Waals surface area contributed by atoms with Gasteiger partial charge in [-0.05, 0) is 53.1 Å². The number of amides is 1. The van der Waals surface area contributed by atoms with Crippen molar-refractivity contribution in [1.29, 1.82) is 0 Å². The van der Waals surface area contributed by atoms with E-state index in [-0.39, 0.29) is 5.91 Å². The summed E-state index contributed by atoms with van der Waals surface area (Å²) in [6, 6.07) is 18.8. The average Bonchev–Trinajstić information content (AvgIpc) is 2.86. The highest BCUT2D eigenvalue weighted by Gasteiger charge is 2.12. The van der Waals surface area contributed by atoms with Crippen LogP contribution in [0.1, 0.15) is 16.7 Å². The Bertz CT molecular complexity index is 1140. The van der Waals surface area contributed by atoms with Crippen LogP contribution in [0.4, 0.5) is 5.69 Å². The Morgan fingerprint density at radius 3 is 2.12 bits per heavy atom. The van der Waals surface area contributed by atoms with Gasteiger partial charge in [-0.1, -0.05) is 42.5 Å². The number of nitrogens with one attached hydrogen (secondary N) is 1. The molecule has 0 saturated carbocycles. The molecular formula is C27H27NO5. The van der Waals surface area contributed by atoms with Gasteiger partial charge in [0, 0.05) is 11.8 Å². The first-order valence-corrected chi connectivity index (χ1v) is 10.3. The fourth-order valence-electron chi connectivity index (χ4n) is 3.23. The first-order valence-electron chi connectivity index (χ1n) is 10.3. The van der Waals surface area contributed by atoms with Crippen LogP contribution in [-0.2, 0) is 4.79 Å². The van der Waals surface area contributed by atoms with Gasteiger partial charge >= 0.3 is 0 Å². The summed E-state index contributed by atoms with van der Waals surface area (Å²) < 4.78 is 21.4. The fraction of sp³-hybridized carbons (Fsp3) is 0.148. The Kier molecular flexibility index (Phi) is 8.13. The predicted molar refractivity (Wildman–Crippen MR) is 132 cm³/mol. The molecule has 0 atom stereocenters. The lowest BCUT2D eigenvalue weighted by Crippen LogP contribution is -2.08. The molecule has 0 saturated heterocycles. The minimum absolute atomic E-state index is 0.230. The molecule has 0 fully saturated rings. The molecular weight excluding hydrogens is 418 g/mol. The van der Waals surface area contributed by atoms with E-state index >= 15 is 0 Å².